The second-order valence-corrected chi connectivity index (χ2v) is 6.87. The van der Waals surface area contributed by atoms with E-state index in [0.29, 0.717) is 6.54 Å². The Kier molecular flexibility index (Phi) is 3.76. The smallest absolute Gasteiger partial charge is 0.129 e. The zero-order valence-corrected chi connectivity index (χ0v) is 13.1. The van der Waals surface area contributed by atoms with Crippen LogP contribution in [0.15, 0.2) is 0 Å². The van der Waals surface area contributed by atoms with Crippen LogP contribution >= 0.6 is 0 Å². The van der Waals surface area contributed by atoms with Crippen molar-refractivity contribution in [2.24, 2.45) is 30.5 Å². The van der Waals surface area contributed by atoms with Gasteiger partial charge in [0, 0.05) is 26.2 Å². The Bertz CT molecular complexity index is 479. The van der Waals surface area contributed by atoms with Crippen LogP contribution in [-0.2, 0) is 13.5 Å². The lowest BCUT2D eigenvalue weighted by Gasteiger charge is -2.29. The van der Waals surface area contributed by atoms with Crippen LogP contribution in [0.25, 0.3) is 0 Å². The standard InChI is InChI=1S/C16H28N4/c1-11-15(6-7-17)16(20(3)18-11)19(2)10-14-9-12-4-5-13(14)8-12/h12-14H,4-10,17H2,1-3H3. The molecule has 4 nitrogen and oxygen atoms in total. The Morgan fingerprint density at radius 1 is 1.35 bits per heavy atom. The molecule has 1 aromatic rings. The average Bonchev–Trinajstić information content (AvgIpc) is 3.05. The molecule has 0 radical (unpaired) electrons. The molecule has 0 amide bonds. The Hall–Kier alpha value is -1.03. The molecule has 0 aliphatic heterocycles. The first-order valence-corrected chi connectivity index (χ1v) is 8.03. The van der Waals surface area contributed by atoms with E-state index in [1.54, 1.807) is 0 Å². The maximum absolute atomic E-state index is 5.77. The van der Waals surface area contributed by atoms with E-state index in [0.717, 1.165) is 29.9 Å². The van der Waals surface area contributed by atoms with Gasteiger partial charge in [0.15, 0.2) is 0 Å². The van der Waals surface area contributed by atoms with E-state index >= 15 is 0 Å². The van der Waals surface area contributed by atoms with Crippen LogP contribution in [-0.4, -0.2) is 29.9 Å². The van der Waals surface area contributed by atoms with Crippen molar-refractivity contribution in [3.8, 4) is 0 Å². The zero-order valence-electron chi connectivity index (χ0n) is 13.1. The highest BCUT2D eigenvalue weighted by Gasteiger charge is 2.40. The molecule has 3 atom stereocenters. The van der Waals surface area contributed by atoms with Gasteiger partial charge < -0.3 is 10.6 Å². The second kappa shape index (κ2) is 5.40. The van der Waals surface area contributed by atoms with Gasteiger partial charge in [-0.15, -0.1) is 0 Å². The number of anilines is 1. The Labute approximate surface area is 122 Å². The van der Waals surface area contributed by atoms with Crippen LogP contribution in [0, 0.1) is 24.7 Å². The fourth-order valence-electron chi connectivity index (χ4n) is 4.64. The third kappa shape index (κ3) is 2.34. The summed E-state index contributed by atoms with van der Waals surface area (Å²) >= 11 is 0. The molecule has 112 valence electrons. The molecule has 1 aromatic heterocycles. The number of rotatable bonds is 5. The first-order chi connectivity index (χ1) is 9.60. The first-order valence-electron chi connectivity index (χ1n) is 8.03. The summed E-state index contributed by atoms with van der Waals surface area (Å²) in [7, 11) is 4.28. The van der Waals surface area contributed by atoms with Crippen molar-refractivity contribution in [1.82, 2.24) is 9.78 Å². The van der Waals surface area contributed by atoms with Crippen LogP contribution in [0.2, 0.25) is 0 Å². The fourth-order valence-corrected chi connectivity index (χ4v) is 4.64. The number of hydrogen-bond donors (Lipinski definition) is 1. The molecule has 2 aliphatic rings. The highest BCUT2D eigenvalue weighted by atomic mass is 15.4. The molecule has 2 aliphatic carbocycles. The average molecular weight is 276 g/mol. The molecule has 4 heteroatoms. The quantitative estimate of drug-likeness (QED) is 0.896. The van der Waals surface area contributed by atoms with E-state index in [1.165, 1.54) is 43.6 Å². The minimum absolute atomic E-state index is 0.696. The van der Waals surface area contributed by atoms with E-state index in [-0.39, 0.29) is 0 Å². The lowest BCUT2D eigenvalue weighted by molar-refractivity contribution is 0.336. The lowest BCUT2D eigenvalue weighted by Crippen LogP contribution is -2.30. The van der Waals surface area contributed by atoms with Crippen LogP contribution in [0.3, 0.4) is 0 Å². The highest BCUT2D eigenvalue weighted by Crippen LogP contribution is 2.48. The van der Waals surface area contributed by atoms with Gasteiger partial charge in [-0.3, -0.25) is 4.68 Å². The summed E-state index contributed by atoms with van der Waals surface area (Å²) in [6, 6.07) is 0. The van der Waals surface area contributed by atoms with Crippen molar-refractivity contribution in [3.05, 3.63) is 11.3 Å². The number of nitrogens with zero attached hydrogens (tertiary/aromatic N) is 3. The van der Waals surface area contributed by atoms with Crippen molar-refractivity contribution >= 4 is 5.82 Å². The molecule has 1 heterocycles. The van der Waals surface area contributed by atoms with Gasteiger partial charge >= 0.3 is 0 Å². The van der Waals surface area contributed by atoms with Gasteiger partial charge in [-0.05, 0) is 56.9 Å². The van der Waals surface area contributed by atoms with E-state index < -0.39 is 0 Å². The molecule has 3 unspecified atom stereocenters. The third-order valence-electron chi connectivity index (χ3n) is 5.46. The summed E-state index contributed by atoms with van der Waals surface area (Å²) in [5, 5.41) is 4.59. The summed E-state index contributed by atoms with van der Waals surface area (Å²) in [6.45, 7) is 3.97. The summed E-state index contributed by atoms with van der Waals surface area (Å²) in [5.41, 5.74) is 8.23. The monoisotopic (exact) mass is 276 g/mol. The number of fused-ring (bicyclic) bond motifs is 2. The van der Waals surface area contributed by atoms with Crippen molar-refractivity contribution in [3.63, 3.8) is 0 Å². The number of nitrogens with two attached hydrogens (primary N) is 1. The third-order valence-corrected chi connectivity index (χ3v) is 5.46. The van der Waals surface area contributed by atoms with Gasteiger partial charge in [-0.25, -0.2) is 0 Å². The Morgan fingerprint density at radius 3 is 2.75 bits per heavy atom. The maximum Gasteiger partial charge on any atom is 0.129 e. The van der Waals surface area contributed by atoms with E-state index in [1.807, 2.05) is 4.68 Å². The number of hydrogen-bond acceptors (Lipinski definition) is 3. The predicted molar refractivity (Wildman–Crippen MR) is 82.9 cm³/mol. The molecule has 2 N–H and O–H groups in total. The lowest BCUT2D eigenvalue weighted by atomic mass is 9.88. The van der Waals surface area contributed by atoms with Gasteiger partial charge in [0.1, 0.15) is 5.82 Å². The molecule has 0 spiro atoms. The van der Waals surface area contributed by atoms with E-state index in [9.17, 15) is 0 Å². The van der Waals surface area contributed by atoms with Gasteiger partial charge in [0.05, 0.1) is 5.69 Å². The molecule has 3 rings (SSSR count). The topological polar surface area (TPSA) is 47.1 Å². The minimum Gasteiger partial charge on any atom is -0.359 e. The molecule has 2 bridgehead atoms. The summed E-state index contributed by atoms with van der Waals surface area (Å²) in [5.74, 6) is 4.17. The van der Waals surface area contributed by atoms with E-state index in [4.69, 9.17) is 5.73 Å². The molecular formula is C16H28N4. The molecular weight excluding hydrogens is 248 g/mol. The fraction of sp³-hybridized carbons (Fsp3) is 0.812. The summed E-state index contributed by atoms with van der Waals surface area (Å²) in [4.78, 5) is 2.43. The Morgan fingerprint density at radius 2 is 2.15 bits per heavy atom. The number of aryl methyl sites for hydroxylation is 2. The van der Waals surface area contributed by atoms with Gasteiger partial charge in [-0.2, -0.15) is 5.10 Å². The van der Waals surface area contributed by atoms with Gasteiger partial charge in [0.25, 0.3) is 0 Å². The number of aromatic nitrogens is 2. The SMILES string of the molecule is Cc1nn(C)c(N(C)CC2CC3CCC2C3)c1CCN. The first kappa shape index (κ1) is 13.9. The molecule has 0 saturated heterocycles. The molecule has 2 fully saturated rings. The van der Waals surface area contributed by atoms with E-state index in [2.05, 4.69) is 31.0 Å². The molecule has 0 aromatic carbocycles. The Balaban J connectivity index is 1.75. The largest absolute Gasteiger partial charge is 0.359 e. The molecule has 2 saturated carbocycles. The zero-order chi connectivity index (χ0) is 14.3. The highest BCUT2D eigenvalue weighted by molar-refractivity contribution is 5.50. The van der Waals surface area contributed by atoms with Crippen LogP contribution in [0.5, 0.6) is 0 Å². The van der Waals surface area contributed by atoms with Crippen molar-refractivity contribution in [2.75, 3.05) is 25.0 Å². The van der Waals surface area contributed by atoms with Crippen molar-refractivity contribution in [1.29, 1.82) is 0 Å². The summed E-state index contributed by atoms with van der Waals surface area (Å²) < 4.78 is 2.04. The van der Waals surface area contributed by atoms with Crippen LogP contribution in [0.4, 0.5) is 5.82 Å². The van der Waals surface area contributed by atoms with Crippen molar-refractivity contribution in [2.45, 2.75) is 39.0 Å². The molecule has 20 heavy (non-hydrogen) atoms. The normalized spacial score (nSPS) is 28.3. The van der Waals surface area contributed by atoms with Crippen LogP contribution in [0.1, 0.15) is 36.9 Å². The minimum atomic E-state index is 0.696. The predicted octanol–water partition coefficient (Wildman–Crippen LogP) is 2.10. The van der Waals surface area contributed by atoms with Crippen molar-refractivity contribution < 1.29 is 0 Å². The maximum atomic E-state index is 5.77. The van der Waals surface area contributed by atoms with Crippen LogP contribution < -0.4 is 10.6 Å². The summed E-state index contributed by atoms with van der Waals surface area (Å²) in [6.07, 6.45) is 6.80. The van der Waals surface area contributed by atoms with Gasteiger partial charge in [0.2, 0.25) is 0 Å². The second-order valence-electron chi connectivity index (χ2n) is 6.87. The van der Waals surface area contributed by atoms with Gasteiger partial charge in [-0.1, -0.05) is 6.42 Å².